The van der Waals surface area contributed by atoms with Crippen LogP contribution in [0.1, 0.15) is 48.0 Å². The van der Waals surface area contributed by atoms with Crippen LogP contribution in [-0.4, -0.2) is 60.4 Å². The normalized spacial score (nSPS) is 28.1. The number of nitrogens with zero attached hydrogens (tertiary/aromatic N) is 1. The number of esters is 1. The van der Waals surface area contributed by atoms with Crippen molar-refractivity contribution in [3.63, 3.8) is 0 Å². The highest BCUT2D eigenvalue weighted by atomic mass is 16.5. The smallest absolute Gasteiger partial charge is 0.311 e. The largest absolute Gasteiger partial charge is 0.469 e. The van der Waals surface area contributed by atoms with Gasteiger partial charge >= 0.3 is 5.97 Å². The molecular weight excluding hydrogens is 310 g/mol. The number of ether oxygens (including phenoxy) is 1. The van der Waals surface area contributed by atoms with Crippen LogP contribution in [0.25, 0.3) is 0 Å². The fourth-order valence-electron chi connectivity index (χ4n) is 3.86. The summed E-state index contributed by atoms with van der Waals surface area (Å²) in [4.78, 5) is 26.7. The van der Waals surface area contributed by atoms with E-state index in [1.165, 1.54) is 7.11 Å². The van der Waals surface area contributed by atoms with E-state index in [4.69, 9.17) is 4.74 Å². The number of methoxy groups -OCH3 is 1. The Balaban J connectivity index is 2.99. The summed E-state index contributed by atoms with van der Waals surface area (Å²) >= 11 is 0. The lowest BCUT2D eigenvalue weighted by atomic mass is 9.69. The number of aliphatic hydroxyl groups is 2. The first-order valence-electron chi connectivity index (χ1n) is 8.38. The lowest BCUT2D eigenvalue weighted by Crippen LogP contribution is -2.44. The number of hydrogen-bond acceptors (Lipinski definition) is 5. The average molecular weight is 343 g/mol. The highest BCUT2D eigenvalue weighted by Gasteiger charge is 2.54. The molecule has 1 amide bonds. The van der Waals surface area contributed by atoms with Crippen molar-refractivity contribution in [3.05, 3.63) is 0 Å². The number of amides is 1. The summed E-state index contributed by atoms with van der Waals surface area (Å²) in [5.41, 5.74) is -2.63. The molecule has 6 nitrogen and oxygen atoms in total. The molecule has 1 aliphatic heterocycles. The van der Waals surface area contributed by atoms with Gasteiger partial charge in [-0.25, -0.2) is 0 Å². The molecule has 2 atom stereocenters. The van der Waals surface area contributed by atoms with Crippen molar-refractivity contribution in [2.45, 2.75) is 48.0 Å². The minimum Gasteiger partial charge on any atom is -0.469 e. The molecular formula is C18H33NO5. The molecule has 0 aliphatic carbocycles. The van der Waals surface area contributed by atoms with Gasteiger partial charge in [0, 0.05) is 29.3 Å². The molecule has 0 aromatic carbocycles. The Labute approximate surface area is 145 Å². The minimum atomic E-state index is -0.770. The van der Waals surface area contributed by atoms with E-state index >= 15 is 0 Å². The number of hydrogen-bond donors (Lipinski definition) is 2. The molecule has 1 heterocycles. The van der Waals surface area contributed by atoms with Crippen molar-refractivity contribution in [3.8, 4) is 0 Å². The van der Waals surface area contributed by atoms with Crippen molar-refractivity contribution in [1.29, 1.82) is 0 Å². The van der Waals surface area contributed by atoms with E-state index in [-0.39, 0.29) is 25.1 Å². The van der Waals surface area contributed by atoms with E-state index in [2.05, 4.69) is 0 Å². The predicted molar refractivity (Wildman–Crippen MR) is 91.2 cm³/mol. The number of carbonyl (C=O) groups is 2. The van der Waals surface area contributed by atoms with Crippen LogP contribution >= 0.6 is 0 Å². The van der Waals surface area contributed by atoms with Crippen LogP contribution in [-0.2, 0) is 14.3 Å². The van der Waals surface area contributed by atoms with Crippen LogP contribution < -0.4 is 0 Å². The molecule has 0 saturated carbocycles. The molecule has 0 unspecified atom stereocenters. The van der Waals surface area contributed by atoms with Gasteiger partial charge in [0.05, 0.1) is 25.7 Å². The first-order chi connectivity index (χ1) is 10.8. The molecule has 24 heavy (non-hydrogen) atoms. The lowest BCUT2D eigenvalue weighted by molar-refractivity contribution is -0.154. The molecule has 1 saturated heterocycles. The van der Waals surface area contributed by atoms with Crippen molar-refractivity contribution in [1.82, 2.24) is 4.90 Å². The number of rotatable bonds is 6. The third-order valence-electron chi connectivity index (χ3n) is 5.72. The second-order valence-corrected chi connectivity index (χ2v) is 9.03. The summed E-state index contributed by atoms with van der Waals surface area (Å²) in [7, 11) is 1.35. The molecule has 2 N–H and O–H groups in total. The maximum atomic E-state index is 13.1. The van der Waals surface area contributed by atoms with Crippen LogP contribution in [0.3, 0.4) is 0 Å². The summed E-state index contributed by atoms with van der Waals surface area (Å²) in [5, 5.41) is 19.6. The van der Waals surface area contributed by atoms with E-state index in [9.17, 15) is 19.8 Å². The predicted octanol–water partition coefficient (Wildman–Crippen LogP) is 1.44. The third-order valence-corrected chi connectivity index (χ3v) is 5.72. The topological polar surface area (TPSA) is 87.1 Å². The van der Waals surface area contributed by atoms with Crippen molar-refractivity contribution in [2.75, 3.05) is 33.4 Å². The van der Waals surface area contributed by atoms with Crippen molar-refractivity contribution < 1.29 is 24.5 Å². The summed E-state index contributed by atoms with van der Waals surface area (Å²) in [6.07, 6.45) is 0.355. The van der Waals surface area contributed by atoms with Gasteiger partial charge in [-0.2, -0.15) is 0 Å². The Kier molecular flexibility index (Phi) is 5.78. The van der Waals surface area contributed by atoms with E-state index in [0.29, 0.717) is 19.5 Å². The third kappa shape index (κ3) is 3.59. The summed E-state index contributed by atoms with van der Waals surface area (Å²) in [6, 6.07) is 0. The van der Waals surface area contributed by atoms with Gasteiger partial charge in [0.1, 0.15) is 0 Å². The van der Waals surface area contributed by atoms with Gasteiger partial charge in [-0.1, -0.05) is 27.7 Å². The molecule has 1 rings (SSSR count). The van der Waals surface area contributed by atoms with Gasteiger partial charge in [0.25, 0.3) is 0 Å². The summed E-state index contributed by atoms with van der Waals surface area (Å²) in [6.45, 7) is 11.6. The van der Waals surface area contributed by atoms with Crippen molar-refractivity contribution in [2.24, 2.45) is 21.7 Å². The second kappa shape index (κ2) is 6.64. The fourth-order valence-corrected chi connectivity index (χ4v) is 3.86. The maximum Gasteiger partial charge on any atom is 0.311 e. The van der Waals surface area contributed by atoms with E-state index in [1.807, 2.05) is 27.7 Å². The SMILES string of the molecule is COC(=O)C(C)(C)CC(C)(C)C(=O)N1C[C@](C)(CO)[C@](C)(CO)C1. The van der Waals surface area contributed by atoms with Crippen LogP contribution in [0.15, 0.2) is 0 Å². The van der Waals surface area contributed by atoms with Gasteiger partial charge in [-0.3, -0.25) is 9.59 Å². The molecule has 0 aromatic rings. The minimum absolute atomic E-state index is 0.0728. The highest BCUT2D eigenvalue weighted by Crippen LogP contribution is 2.47. The monoisotopic (exact) mass is 343 g/mol. The van der Waals surface area contributed by atoms with E-state index < -0.39 is 21.7 Å². The van der Waals surface area contributed by atoms with Crippen LogP contribution in [0.5, 0.6) is 0 Å². The Bertz CT molecular complexity index is 484. The summed E-state index contributed by atoms with van der Waals surface area (Å²) in [5.74, 6) is -0.415. The summed E-state index contributed by atoms with van der Waals surface area (Å²) < 4.78 is 4.84. The highest BCUT2D eigenvalue weighted by molar-refractivity contribution is 5.84. The van der Waals surface area contributed by atoms with Crippen LogP contribution in [0, 0.1) is 21.7 Å². The Hall–Kier alpha value is -1.14. The van der Waals surface area contributed by atoms with Crippen molar-refractivity contribution >= 4 is 11.9 Å². The average Bonchev–Trinajstić information content (AvgIpc) is 2.77. The lowest BCUT2D eigenvalue weighted by Gasteiger charge is -2.36. The van der Waals surface area contributed by atoms with Gasteiger partial charge < -0.3 is 19.8 Å². The van der Waals surface area contributed by atoms with E-state index in [0.717, 1.165) is 0 Å². The number of carbonyl (C=O) groups excluding carboxylic acids is 2. The van der Waals surface area contributed by atoms with Crippen LogP contribution in [0.2, 0.25) is 0 Å². The standard InChI is InChI=1S/C18H33NO5/c1-15(2,8-16(3,4)14(23)24-7)13(22)19-9-17(5,11-20)18(6,10-19)12-21/h20-21H,8-12H2,1-7H3/t17-,18+. The Morgan fingerprint density at radius 1 is 1.00 bits per heavy atom. The molecule has 6 heteroatoms. The Morgan fingerprint density at radius 2 is 1.42 bits per heavy atom. The zero-order valence-electron chi connectivity index (χ0n) is 16.1. The quantitative estimate of drug-likeness (QED) is 0.713. The molecule has 0 bridgehead atoms. The molecule has 140 valence electrons. The van der Waals surface area contributed by atoms with Gasteiger partial charge in [0.2, 0.25) is 5.91 Å². The molecule has 0 spiro atoms. The zero-order chi connectivity index (χ0) is 19.0. The fraction of sp³-hybridized carbons (Fsp3) is 0.889. The number of likely N-dealkylation sites (tertiary alicyclic amines) is 1. The molecule has 0 radical (unpaired) electrons. The maximum absolute atomic E-state index is 13.1. The molecule has 1 fully saturated rings. The van der Waals surface area contributed by atoms with E-state index in [1.54, 1.807) is 18.7 Å². The molecule has 1 aliphatic rings. The molecule has 0 aromatic heterocycles. The van der Waals surface area contributed by atoms with Gasteiger partial charge in [0.15, 0.2) is 0 Å². The van der Waals surface area contributed by atoms with Gasteiger partial charge in [-0.05, 0) is 20.3 Å². The number of aliphatic hydroxyl groups excluding tert-OH is 2. The first-order valence-corrected chi connectivity index (χ1v) is 8.38. The first kappa shape index (κ1) is 20.9. The van der Waals surface area contributed by atoms with Gasteiger partial charge in [-0.15, -0.1) is 0 Å². The van der Waals surface area contributed by atoms with Crippen LogP contribution in [0.4, 0.5) is 0 Å². The zero-order valence-corrected chi connectivity index (χ0v) is 16.1. The second-order valence-electron chi connectivity index (χ2n) is 9.03. The Morgan fingerprint density at radius 3 is 1.75 bits per heavy atom.